The molecule has 2 saturated heterocycles. The third kappa shape index (κ3) is 3.55. The molecule has 0 amide bonds. The number of rotatable bonds is 4. The van der Waals surface area contributed by atoms with Crippen molar-refractivity contribution in [3.8, 4) is 5.75 Å². The molecule has 2 unspecified atom stereocenters. The maximum absolute atomic E-state index is 9.82. The number of aliphatic hydroxyl groups excluding tert-OH is 1. The zero-order valence-electron chi connectivity index (χ0n) is 12.6. The minimum absolute atomic E-state index is 0.0614. The quantitative estimate of drug-likeness (QED) is 0.923. The van der Waals surface area contributed by atoms with Crippen LogP contribution in [0.25, 0.3) is 0 Å². The van der Waals surface area contributed by atoms with Gasteiger partial charge in [-0.3, -0.25) is 0 Å². The van der Waals surface area contributed by atoms with Crippen LogP contribution in [-0.4, -0.2) is 34.9 Å². The number of benzene rings is 1. The third-order valence-corrected chi connectivity index (χ3v) is 5.69. The van der Waals surface area contributed by atoms with E-state index in [0.717, 1.165) is 49.4 Å². The van der Waals surface area contributed by atoms with Gasteiger partial charge in [0.05, 0.1) is 18.3 Å². The van der Waals surface area contributed by atoms with E-state index in [1.54, 1.807) is 0 Å². The van der Waals surface area contributed by atoms with Crippen molar-refractivity contribution in [1.82, 2.24) is 0 Å². The fraction of sp³-hybridized carbons (Fsp3) is 0.647. The largest absolute Gasteiger partial charge is 0.490 e. The average molecular weight is 308 g/mol. The lowest BCUT2D eigenvalue weighted by Crippen LogP contribution is -2.43. The van der Waals surface area contributed by atoms with Crippen molar-refractivity contribution in [2.75, 3.05) is 18.1 Å². The van der Waals surface area contributed by atoms with Gasteiger partial charge in [-0.25, -0.2) is 0 Å². The third-order valence-electron chi connectivity index (χ3n) is 4.47. The van der Waals surface area contributed by atoms with E-state index in [1.807, 2.05) is 43.0 Å². The van der Waals surface area contributed by atoms with Crippen LogP contribution in [-0.2, 0) is 4.74 Å². The summed E-state index contributed by atoms with van der Waals surface area (Å²) < 4.78 is 12.2. The van der Waals surface area contributed by atoms with Crippen LogP contribution in [0.2, 0.25) is 0 Å². The molecular formula is C17H24O3S. The van der Waals surface area contributed by atoms with E-state index >= 15 is 0 Å². The molecule has 0 saturated carbocycles. The van der Waals surface area contributed by atoms with Crippen LogP contribution < -0.4 is 4.74 Å². The SMILES string of the molecule is CC[C@H](O)c1ccc(OC2CCOC3(CCSC3)C2)cc1. The van der Waals surface area contributed by atoms with E-state index in [2.05, 4.69) is 0 Å². The molecule has 0 radical (unpaired) electrons. The molecule has 3 nitrogen and oxygen atoms in total. The maximum Gasteiger partial charge on any atom is 0.119 e. The van der Waals surface area contributed by atoms with Gasteiger partial charge >= 0.3 is 0 Å². The normalized spacial score (nSPS) is 30.5. The molecule has 21 heavy (non-hydrogen) atoms. The van der Waals surface area contributed by atoms with Crippen LogP contribution in [0, 0.1) is 0 Å². The van der Waals surface area contributed by atoms with Crippen LogP contribution in [0.15, 0.2) is 24.3 Å². The molecular weight excluding hydrogens is 284 g/mol. The predicted octanol–water partition coefficient (Wildman–Crippen LogP) is 3.56. The molecule has 1 spiro atoms. The zero-order valence-corrected chi connectivity index (χ0v) is 13.4. The molecule has 0 bridgehead atoms. The van der Waals surface area contributed by atoms with Gasteiger partial charge in [-0.15, -0.1) is 0 Å². The molecule has 1 aromatic rings. The second kappa shape index (κ2) is 6.59. The first-order chi connectivity index (χ1) is 10.2. The Hall–Kier alpha value is -0.710. The van der Waals surface area contributed by atoms with Gasteiger partial charge in [-0.05, 0) is 36.3 Å². The second-order valence-corrected chi connectivity index (χ2v) is 7.16. The molecule has 3 rings (SSSR count). The van der Waals surface area contributed by atoms with Gasteiger partial charge in [0.1, 0.15) is 11.9 Å². The summed E-state index contributed by atoms with van der Waals surface area (Å²) in [6.07, 6.45) is 3.73. The number of thioether (sulfide) groups is 1. The summed E-state index contributed by atoms with van der Waals surface area (Å²) in [5.74, 6) is 3.21. The fourth-order valence-corrected chi connectivity index (χ4v) is 4.52. The minimum atomic E-state index is -0.374. The summed E-state index contributed by atoms with van der Waals surface area (Å²) in [6.45, 7) is 2.79. The topological polar surface area (TPSA) is 38.7 Å². The zero-order chi connectivity index (χ0) is 14.7. The van der Waals surface area contributed by atoms with Crippen molar-refractivity contribution in [2.24, 2.45) is 0 Å². The highest BCUT2D eigenvalue weighted by Crippen LogP contribution is 2.39. The van der Waals surface area contributed by atoms with Crippen LogP contribution in [0.5, 0.6) is 5.75 Å². The van der Waals surface area contributed by atoms with E-state index in [0.29, 0.717) is 0 Å². The Kier molecular flexibility index (Phi) is 4.77. The molecule has 2 fully saturated rings. The number of hydrogen-bond acceptors (Lipinski definition) is 4. The molecule has 2 aliphatic heterocycles. The molecule has 1 N–H and O–H groups in total. The van der Waals surface area contributed by atoms with E-state index in [4.69, 9.17) is 9.47 Å². The van der Waals surface area contributed by atoms with Gasteiger partial charge in [0.2, 0.25) is 0 Å². The van der Waals surface area contributed by atoms with Crippen molar-refractivity contribution in [1.29, 1.82) is 0 Å². The van der Waals surface area contributed by atoms with Crippen LogP contribution in [0.3, 0.4) is 0 Å². The molecule has 2 aliphatic rings. The maximum atomic E-state index is 9.82. The lowest BCUT2D eigenvalue weighted by atomic mass is 9.91. The predicted molar refractivity (Wildman–Crippen MR) is 86.0 cm³/mol. The Balaban J connectivity index is 1.60. The first-order valence-corrected chi connectivity index (χ1v) is 9.03. The summed E-state index contributed by atoms with van der Waals surface area (Å²) in [7, 11) is 0. The molecule has 4 heteroatoms. The first-order valence-electron chi connectivity index (χ1n) is 7.87. The smallest absolute Gasteiger partial charge is 0.119 e. The van der Waals surface area contributed by atoms with E-state index in [9.17, 15) is 5.11 Å². The number of hydrogen-bond donors (Lipinski definition) is 1. The Morgan fingerprint density at radius 2 is 2.24 bits per heavy atom. The lowest BCUT2D eigenvalue weighted by molar-refractivity contribution is -0.0958. The van der Waals surface area contributed by atoms with Crippen LogP contribution in [0.1, 0.15) is 44.3 Å². The van der Waals surface area contributed by atoms with Crippen molar-refractivity contribution >= 4 is 11.8 Å². The number of ether oxygens (including phenoxy) is 2. The second-order valence-electron chi connectivity index (χ2n) is 6.06. The van der Waals surface area contributed by atoms with Crippen molar-refractivity contribution < 1.29 is 14.6 Å². The summed E-state index contributed by atoms with van der Waals surface area (Å²) in [5, 5.41) is 9.82. The Morgan fingerprint density at radius 1 is 1.43 bits per heavy atom. The van der Waals surface area contributed by atoms with E-state index < -0.39 is 0 Å². The summed E-state index contributed by atoms with van der Waals surface area (Å²) in [5.41, 5.74) is 1.02. The van der Waals surface area contributed by atoms with Crippen molar-refractivity contribution in [3.63, 3.8) is 0 Å². The summed E-state index contributed by atoms with van der Waals surface area (Å²) in [4.78, 5) is 0. The molecule has 0 aliphatic carbocycles. The van der Waals surface area contributed by atoms with E-state index in [1.165, 1.54) is 5.75 Å². The van der Waals surface area contributed by atoms with Gasteiger partial charge in [-0.1, -0.05) is 19.1 Å². The molecule has 116 valence electrons. The van der Waals surface area contributed by atoms with Crippen LogP contribution in [0.4, 0.5) is 0 Å². The van der Waals surface area contributed by atoms with Gasteiger partial charge < -0.3 is 14.6 Å². The Labute approximate surface area is 131 Å². The first kappa shape index (κ1) is 15.2. The highest BCUT2D eigenvalue weighted by Gasteiger charge is 2.41. The molecule has 3 atom stereocenters. The van der Waals surface area contributed by atoms with Gasteiger partial charge in [0.25, 0.3) is 0 Å². The fourth-order valence-electron chi connectivity index (χ4n) is 3.14. The number of aliphatic hydroxyl groups is 1. The minimum Gasteiger partial charge on any atom is -0.490 e. The monoisotopic (exact) mass is 308 g/mol. The van der Waals surface area contributed by atoms with Crippen molar-refractivity contribution in [3.05, 3.63) is 29.8 Å². The molecule has 2 heterocycles. The highest BCUT2D eigenvalue weighted by atomic mass is 32.2. The highest BCUT2D eigenvalue weighted by molar-refractivity contribution is 7.99. The Morgan fingerprint density at radius 3 is 2.90 bits per heavy atom. The molecule has 1 aromatic carbocycles. The lowest BCUT2D eigenvalue weighted by Gasteiger charge is -2.37. The van der Waals surface area contributed by atoms with Gasteiger partial charge in [0.15, 0.2) is 0 Å². The molecule has 0 aromatic heterocycles. The summed E-state index contributed by atoms with van der Waals surface area (Å²) >= 11 is 1.99. The average Bonchev–Trinajstić information content (AvgIpc) is 2.95. The van der Waals surface area contributed by atoms with Gasteiger partial charge in [0, 0.05) is 18.6 Å². The van der Waals surface area contributed by atoms with Crippen LogP contribution >= 0.6 is 11.8 Å². The van der Waals surface area contributed by atoms with Gasteiger partial charge in [-0.2, -0.15) is 11.8 Å². The van der Waals surface area contributed by atoms with Crippen molar-refractivity contribution in [2.45, 2.75) is 50.4 Å². The summed E-state index contributed by atoms with van der Waals surface area (Å²) in [6, 6.07) is 7.87. The standard InChI is InChI=1S/C17H24O3S/c1-2-16(18)13-3-5-14(6-4-13)20-15-7-9-19-17(11-15)8-10-21-12-17/h3-6,15-16,18H,2,7-12H2,1H3/t15?,16-,17?/m0/s1. The Bertz CT molecular complexity index is 454. The van der Waals surface area contributed by atoms with E-state index in [-0.39, 0.29) is 17.8 Å².